The normalized spacial score (nSPS) is 15.0. The summed E-state index contributed by atoms with van der Waals surface area (Å²) in [5, 5.41) is 4.32. The second-order valence-electron chi connectivity index (χ2n) is 5.41. The Hall–Kier alpha value is -1.59. The molecular formula is C16H20ClN3OS. The number of halogens is 1. The van der Waals surface area contributed by atoms with E-state index in [1.807, 2.05) is 25.1 Å². The Bertz CT molecular complexity index is 583. The van der Waals surface area contributed by atoms with Crippen molar-refractivity contribution in [2.75, 3.05) is 0 Å². The molecule has 4 nitrogen and oxygen atoms in total. The van der Waals surface area contributed by atoms with Crippen molar-refractivity contribution in [3.8, 4) is 0 Å². The average molecular weight is 338 g/mol. The van der Waals surface area contributed by atoms with Gasteiger partial charge in [-0.15, -0.1) is 0 Å². The van der Waals surface area contributed by atoms with Crippen molar-refractivity contribution < 1.29 is 4.79 Å². The zero-order valence-corrected chi connectivity index (χ0v) is 14.1. The van der Waals surface area contributed by atoms with Gasteiger partial charge in [-0.3, -0.25) is 15.6 Å². The largest absolute Gasteiger partial charge is 0.359 e. The minimum Gasteiger partial charge on any atom is -0.359 e. The molecule has 0 atom stereocenters. The lowest BCUT2D eigenvalue weighted by Gasteiger charge is -2.15. The van der Waals surface area contributed by atoms with Crippen molar-refractivity contribution >= 4 is 40.9 Å². The van der Waals surface area contributed by atoms with Crippen LogP contribution in [0.25, 0.3) is 6.08 Å². The number of amides is 1. The maximum absolute atomic E-state index is 11.7. The van der Waals surface area contributed by atoms with Gasteiger partial charge in [0.05, 0.1) is 0 Å². The zero-order valence-electron chi connectivity index (χ0n) is 12.5. The quantitative estimate of drug-likeness (QED) is 0.451. The maximum Gasteiger partial charge on any atom is 0.262 e. The Labute approximate surface area is 141 Å². The van der Waals surface area contributed by atoms with Crippen molar-refractivity contribution in [2.45, 2.75) is 38.6 Å². The lowest BCUT2D eigenvalue weighted by atomic mass is 10.1. The number of carbonyl (C=O) groups is 1. The van der Waals surface area contributed by atoms with Gasteiger partial charge >= 0.3 is 0 Å². The molecule has 1 aromatic carbocycles. The van der Waals surface area contributed by atoms with E-state index in [1.165, 1.54) is 18.9 Å². The Kier molecular flexibility index (Phi) is 6.21. The Morgan fingerprint density at radius 3 is 2.73 bits per heavy atom. The molecule has 118 valence electrons. The third-order valence-corrected chi connectivity index (χ3v) is 4.24. The number of carbonyl (C=O) groups excluding carboxylic acids is 1. The molecule has 2 rings (SSSR count). The number of rotatable bonds is 3. The van der Waals surface area contributed by atoms with Gasteiger partial charge in [-0.05, 0) is 55.3 Å². The Balaban J connectivity index is 1.75. The molecule has 1 aliphatic carbocycles. The minimum absolute atomic E-state index is 0.271. The summed E-state index contributed by atoms with van der Waals surface area (Å²) in [7, 11) is 0. The van der Waals surface area contributed by atoms with E-state index in [9.17, 15) is 4.79 Å². The van der Waals surface area contributed by atoms with Gasteiger partial charge in [-0.25, -0.2) is 0 Å². The van der Waals surface area contributed by atoms with Gasteiger partial charge in [0.15, 0.2) is 5.11 Å². The summed E-state index contributed by atoms with van der Waals surface area (Å²) >= 11 is 11.2. The van der Waals surface area contributed by atoms with Gasteiger partial charge in [0.1, 0.15) is 0 Å². The first kappa shape index (κ1) is 16.8. The molecule has 1 aromatic rings. The van der Waals surface area contributed by atoms with Crippen LogP contribution in [0.1, 0.15) is 36.8 Å². The van der Waals surface area contributed by atoms with Gasteiger partial charge in [-0.1, -0.05) is 36.6 Å². The number of aryl methyl sites for hydroxylation is 1. The highest BCUT2D eigenvalue weighted by Gasteiger charge is 2.15. The van der Waals surface area contributed by atoms with Crippen LogP contribution in [0.4, 0.5) is 0 Å². The number of hydrogen-bond acceptors (Lipinski definition) is 2. The van der Waals surface area contributed by atoms with Crippen LogP contribution in [0.5, 0.6) is 0 Å². The average Bonchev–Trinajstić information content (AvgIpc) is 2.99. The molecule has 1 fully saturated rings. The van der Waals surface area contributed by atoms with Crippen LogP contribution in [0.15, 0.2) is 24.3 Å². The molecule has 0 heterocycles. The van der Waals surface area contributed by atoms with Gasteiger partial charge in [-0.2, -0.15) is 0 Å². The fourth-order valence-electron chi connectivity index (χ4n) is 2.34. The number of hydrogen-bond donors (Lipinski definition) is 3. The molecule has 0 bridgehead atoms. The third kappa shape index (κ3) is 5.31. The summed E-state index contributed by atoms with van der Waals surface area (Å²) in [6.07, 6.45) is 7.86. The van der Waals surface area contributed by atoms with Gasteiger partial charge < -0.3 is 5.32 Å². The summed E-state index contributed by atoms with van der Waals surface area (Å²) in [5.74, 6) is -0.271. The summed E-state index contributed by atoms with van der Waals surface area (Å²) in [6, 6.07) is 6.06. The van der Waals surface area contributed by atoms with Crippen LogP contribution in [-0.2, 0) is 4.79 Å². The third-order valence-electron chi connectivity index (χ3n) is 3.61. The van der Waals surface area contributed by atoms with Crippen LogP contribution < -0.4 is 16.2 Å². The van der Waals surface area contributed by atoms with E-state index in [4.69, 9.17) is 23.8 Å². The van der Waals surface area contributed by atoms with Gasteiger partial charge in [0.2, 0.25) is 0 Å². The van der Waals surface area contributed by atoms with Crippen LogP contribution in [0.2, 0.25) is 5.02 Å². The molecule has 0 unspecified atom stereocenters. The van der Waals surface area contributed by atoms with E-state index in [-0.39, 0.29) is 5.91 Å². The summed E-state index contributed by atoms with van der Waals surface area (Å²) in [6.45, 7) is 1.94. The van der Waals surface area contributed by atoms with Crippen molar-refractivity contribution in [1.82, 2.24) is 16.2 Å². The molecule has 0 aliphatic heterocycles. The first-order valence-corrected chi connectivity index (χ1v) is 8.14. The fourth-order valence-corrected chi connectivity index (χ4v) is 2.74. The van der Waals surface area contributed by atoms with E-state index in [0.717, 1.165) is 24.0 Å². The van der Waals surface area contributed by atoms with Crippen LogP contribution in [0.3, 0.4) is 0 Å². The van der Waals surface area contributed by atoms with Crippen LogP contribution in [0, 0.1) is 6.92 Å². The molecular weight excluding hydrogens is 318 g/mol. The number of benzene rings is 1. The Morgan fingerprint density at radius 2 is 2.05 bits per heavy atom. The number of hydrazine groups is 1. The standard InChI is InChI=1S/C16H20ClN3OS/c1-11-6-7-12(10-14(11)17)8-9-15(21)19-20-16(22)18-13-4-2-3-5-13/h6-10,13H,2-5H2,1H3,(H,19,21)(H2,18,20,22)/b9-8+. The minimum atomic E-state index is -0.271. The smallest absolute Gasteiger partial charge is 0.262 e. The van der Waals surface area contributed by atoms with Crippen molar-refractivity contribution in [2.24, 2.45) is 0 Å². The lowest BCUT2D eigenvalue weighted by molar-refractivity contribution is -0.116. The molecule has 3 N–H and O–H groups in total. The molecule has 0 spiro atoms. The Morgan fingerprint density at radius 1 is 1.32 bits per heavy atom. The van der Waals surface area contributed by atoms with Gasteiger partial charge in [0.25, 0.3) is 5.91 Å². The fraction of sp³-hybridized carbons (Fsp3) is 0.375. The second kappa shape index (κ2) is 8.15. The topological polar surface area (TPSA) is 53.2 Å². The van der Waals surface area contributed by atoms with E-state index < -0.39 is 0 Å². The second-order valence-corrected chi connectivity index (χ2v) is 6.23. The first-order valence-electron chi connectivity index (χ1n) is 7.35. The van der Waals surface area contributed by atoms with Crippen molar-refractivity contribution in [3.05, 3.63) is 40.4 Å². The SMILES string of the molecule is Cc1ccc(/C=C/C(=O)NNC(=S)NC2CCCC2)cc1Cl. The van der Waals surface area contributed by atoms with E-state index in [0.29, 0.717) is 16.2 Å². The highest BCUT2D eigenvalue weighted by Crippen LogP contribution is 2.18. The molecule has 1 saturated carbocycles. The lowest BCUT2D eigenvalue weighted by Crippen LogP contribution is -2.48. The molecule has 1 aliphatic rings. The highest BCUT2D eigenvalue weighted by atomic mass is 35.5. The molecule has 0 radical (unpaired) electrons. The van der Waals surface area contributed by atoms with E-state index in [2.05, 4.69) is 16.2 Å². The van der Waals surface area contributed by atoms with Crippen LogP contribution >= 0.6 is 23.8 Å². The highest BCUT2D eigenvalue weighted by molar-refractivity contribution is 7.80. The maximum atomic E-state index is 11.7. The van der Waals surface area contributed by atoms with E-state index in [1.54, 1.807) is 6.08 Å². The number of nitrogens with one attached hydrogen (secondary N) is 3. The monoisotopic (exact) mass is 337 g/mol. The molecule has 1 amide bonds. The summed E-state index contributed by atoms with van der Waals surface area (Å²) in [5.41, 5.74) is 7.13. The summed E-state index contributed by atoms with van der Waals surface area (Å²) in [4.78, 5) is 11.7. The van der Waals surface area contributed by atoms with Gasteiger partial charge in [0, 0.05) is 17.1 Å². The predicted molar refractivity (Wildman–Crippen MR) is 94.5 cm³/mol. The number of thiocarbonyl (C=S) groups is 1. The van der Waals surface area contributed by atoms with Crippen LogP contribution in [-0.4, -0.2) is 17.1 Å². The van der Waals surface area contributed by atoms with Crippen molar-refractivity contribution in [3.63, 3.8) is 0 Å². The molecule has 0 aromatic heterocycles. The zero-order chi connectivity index (χ0) is 15.9. The summed E-state index contributed by atoms with van der Waals surface area (Å²) < 4.78 is 0. The predicted octanol–water partition coefficient (Wildman–Crippen LogP) is 3.10. The van der Waals surface area contributed by atoms with Crippen molar-refractivity contribution in [1.29, 1.82) is 0 Å². The molecule has 0 saturated heterocycles. The van der Waals surface area contributed by atoms with E-state index >= 15 is 0 Å². The first-order chi connectivity index (χ1) is 10.5. The molecule has 6 heteroatoms. The molecule has 22 heavy (non-hydrogen) atoms.